The van der Waals surface area contributed by atoms with Gasteiger partial charge in [0.25, 0.3) is 0 Å². The Morgan fingerprint density at radius 3 is 3.04 bits per heavy atom. The van der Waals surface area contributed by atoms with Crippen LogP contribution in [-0.4, -0.2) is 43.6 Å². The fourth-order valence-corrected chi connectivity index (χ4v) is 3.23. The highest BCUT2D eigenvalue weighted by Crippen LogP contribution is 2.18. The van der Waals surface area contributed by atoms with E-state index < -0.39 is 0 Å². The Morgan fingerprint density at radius 1 is 1.52 bits per heavy atom. The van der Waals surface area contributed by atoms with E-state index in [2.05, 4.69) is 43.3 Å². The quantitative estimate of drug-likeness (QED) is 0.494. The molecule has 1 aromatic carbocycles. The Balaban J connectivity index is 1.93. The number of nitrogens with one attached hydrogen (secondary N) is 1. The SMILES string of the molecule is CCOC(=O)C1CCCN(C(=NC)NCc2cccc(Br)c2)C1. The summed E-state index contributed by atoms with van der Waals surface area (Å²) < 4.78 is 6.22. The minimum absolute atomic E-state index is 0.0619. The van der Waals surface area contributed by atoms with Crippen molar-refractivity contribution in [2.45, 2.75) is 26.3 Å². The molecule has 0 bridgehead atoms. The molecule has 0 saturated carbocycles. The number of ether oxygens (including phenoxy) is 1. The normalized spacial score (nSPS) is 18.7. The van der Waals surface area contributed by atoms with E-state index in [1.807, 2.05) is 19.1 Å². The van der Waals surface area contributed by atoms with Gasteiger partial charge < -0.3 is 15.0 Å². The molecule has 0 aromatic heterocycles. The van der Waals surface area contributed by atoms with Crippen LogP contribution >= 0.6 is 15.9 Å². The van der Waals surface area contributed by atoms with E-state index in [1.54, 1.807) is 7.05 Å². The zero-order chi connectivity index (χ0) is 16.7. The maximum atomic E-state index is 12.0. The number of guanidine groups is 1. The van der Waals surface area contributed by atoms with Crippen LogP contribution in [0.5, 0.6) is 0 Å². The first-order chi connectivity index (χ1) is 11.1. The Morgan fingerprint density at radius 2 is 2.35 bits per heavy atom. The minimum atomic E-state index is -0.0976. The first-order valence-electron chi connectivity index (χ1n) is 8.00. The second-order valence-corrected chi connectivity index (χ2v) is 6.48. The average Bonchev–Trinajstić information content (AvgIpc) is 2.56. The molecule has 2 rings (SSSR count). The van der Waals surface area contributed by atoms with Gasteiger partial charge in [-0.25, -0.2) is 0 Å². The predicted octanol–water partition coefficient (Wildman–Crippen LogP) is 2.80. The summed E-state index contributed by atoms with van der Waals surface area (Å²) in [7, 11) is 1.78. The smallest absolute Gasteiger partial charge is 0.310 e. The lowest BCUT2D eigenvalue weighted by atomic mass is 9.98. The molecule has 126 valence electrons. The van der Waals surface area contributed by atoms with Gasteiger partial charge in [-0.3, -0.25) is 9.79 Å². The summed E-state index contributed by atoms with van der Waals surface area (Å²) in [6, 6.07) is 8.18. The summed E-state index contributed by atoms with van der Waals surface area (Å²) >= 11 is 3.48. The van der Waals surface area contributed by atoms with E-state index in [0.717, 1.165) is 29.8 Å². The number of likely N-dealkylation sites (tertiary alicyclic amines) is 1. The van der Waals surface area contributed by atoms with E-state index in [4.69, 9.17) is 4.74 Å². The molecule has 0 aliphatic carbocycles. The molecule has 0 radical (unpaired) electrons. The van der Waals surface area contributed by atoms with Gasteiger partial charge in [-0.15, -0.1) is 0 Å². The Kier molecular flexibility index (Phi) is 6.89. The molecule has 1 N–H and O–H groups in total. The number of esters is 1. The van der Waals surface area contributed by atoms with Gasteiger partial charge in [0.15, 0.2) is 5.96 Å². The molecular weight excluding hydrogens is 358 g/mol. The molecule has 0 amide bonds. The number of carbonyl (C=O) groups is 1. The van der Waals surface area contributed by atoms with Gasteiger partial charge in [0.05, 0.1) is 12.5 Å². The summed E-state index contributed by atoms with van der Waals surface area (Å²) in [4.78, 5) is 18.5. The van der Waals surface area contributed by atoms with Crippen molar-refractivity contribution in [3.63, 3.8) is 0 Å². The molecule has 23 heavy (non-hydrogen) atoms. The van der Waals surface area contributed by atoms with E-state index in [9.17, 15) is 4.79 Å². The van der Waals surface area contributed by atoms with E-state index in [0.29, 0.717) is 19.7 Å². The first-order valence-corrected chi connectivity index (χ1v) is 8.80. The van der Waals surface area contributed by atoms with E-state index in [1.165, 1.54) is 5.56 Å². The van der Waals surface area contributed by atoms with Crippen LogP contribution < -0.4 is 5.32 Å². The van der Waals surface area contributed by atoms with E-state index >= 15 is 0 Å². The van der Waals surface area contributed by atoms with Crippen LogP contribution in [0.1, 0.15) is 25.3 Å². The summed E-state index contributed by atoms with van der Waals surface area (Å²) in [5.74, 6) is 0.673. The summed E-state index contributed by atoms with van der Waals surface area (Å²) in [6.45, 7) is 4.56. The van der Waals surface area contributed by atoms with E-state index in [-0.39, 0.29) is 11.9 Å². The highest BCUT2D eigenvalue weighted by atomic mass is 79.9. The van der Waals surface area contributed by atoms with Crippen LogP contribution in [0.3, 0.4) is 0 Å². The third-order valence-corrected chi connectivity index (χ3v) is 4.39. The maximum absolute atomic E-state index is 12.0. The summed E-state index contributed by atoms with van der Waals surface area (Å²) in [6.07, 6.45) is 1.86. The van der Waals surface area contributed by atoms with Crippen molar-refractivity contribution in [3.8, 4) is 0 Å². The van der Waals surface area contributed by atoms with Crippen LogP contribution in [0.15, 0.2) is 33.7 Å². The van der Waals surface area contributed by atoms with Gasteiger partial charge in [0.1, 0.15) is 0 Å². The van der Waals surface area contributed by atoms with Crippen molar-refractivity contribution >= 4 is 27.9 Å². The van der Waals surface area contributed by atoms with Gasteiger partial charge in [0.2, 0.25) is 0 Å². The van der Waals surface area contributed by atoms with Crippen LogP contribution in [0.2, 0.25) is 0 Å². The highest BCUT2D eigenvalue weighted by molar-refractivity contribution is 9.10. The second kappa shape index (κ2) is 8.91. The molecule has 1 aliphatic heterocycles. The topological polar surface area (TPSA) is 53.9 Å². The molecule has 1 heterocycles. The van der Waals surface area contributed by atoms with Gasteiger partial charge >= 0.3 is 5.97 Å². The van der Waals surface area contributed by atoms with Crippen LogP contribution in [0.25, 0.3) is 0 Å². The number of aliphatic imine (C=N–C) groups is 1. The average molecular weight is 382 g/mol. The lowest BCUT2D eigenvalue weighted by molar-refractivity contribution is -0.149. The van der Waals surface area contributed by atoms with Crippen molar-refractivity contribution in [3.05, 3.63) is 34.3 Å². The largest absolute Gasteiger partial charge is 0.466 e. The van der Waals surface area contributed by atoms with Crippen molar-refractivity contribution in [1.29, 1.82) is 0 Å². The number of hydrogen-bond acceptors (Lipinski definition) is 3. The molecular formula is C17H24BrN3O2. The number of piperidine rings is 1. The minimum Gasteiger partial charge on any atom is -0.466 e. The monoisotopic (exact) mass is 381 g/mol. The molecule has 1 unspecified atom stereocenters. The molecule has 1 aromatic rings. The number of carbonyl (C=O) groups excluding carboxylic acids is 1. The number of hydrogen-bond donors (Lipinski definition) is 1. The number of rotatable bonds is 4. The van der Waals surface area contributed by atoms with Crippen molar-refractivity contribution in [1.82, 2.24) is 10.2 Å². The third-order valence-electron chi connectivity index (χ3n) is 3.89. The number of benzene rings is 1. The molecule has 5 nitrogen and oxygen atoms in total. The van der Waals surface area contributed by atoms with Crippen molar-refractivity contribution < 1.29 is 9.53 Å². The predicted molar refractivity (Wildman–Crippen MR) is 95.3 cm³/mol. The maximum Gasteiger partial charge on any atom is 0.310 e. The van der Waals surface area contributed by atoms with Crippen LogP contribution in [0, 0.1) is 5.92 Å². The lowest BCUT2D eigenvalue weighted by Gasteiger charge is -2.34. The number of nitrogens with zero attached hydrogens (tertiary/aromatic N) is 2. The Labute approximate surface area is 146 Å². The fraction of sp³-hybridized carbons (Fsp3) is 0.529. The summed E-state index contributed by atoms with van der Waals surface area (Å²) in [5.41, 5.74) is 1.18. The second-order valence-electron chi connectivity index (χ2n) is 5.57. The molecule has 1 fully saturated rings. The Hall–Kier alpha value is -1.56. The first kappa shape index (κ1) is 17.8. The highest BCUT2D eigenvalue weighted by Gasteiger charge is 2.28. The van der Waals surface area contributed by atoms with Crippen LogP contribution in [-0.2, 0) is 16.1 Å². The van der Waals surface area contributed by atoms with Gasteiger partial charge in [-0.1, -0.05) is 28.1 Å². The molecule has 1 aliphatic rings. The van der Waals surface area contributed by atoms with Crippen molar-refractivity contribution in [2.24, 2.45) is 10.9 Å². The Bertz CT molecular complexity index is 563. The third kappa shape index (κ3) is 5.23. The van der Waals surface area contributed by atoms with Gasteiger partial charge in [-0.05, 0) is 37.5 Å². The fourth-order valence-electron chi connectivity index (χ4n) is 2.78. The lowest BCUT2D eigenvalue weighted by Crippen LogP contribution is -2.48. The van der Waals surface area contributed by atoms with Crippen LogP contribution in [0.4, 0.5) is 0 Å². The standard InChI is InChI=1S/C17H24BrN3O2/c1-3-23-16(22)14-7-5-9-21(12-14)17(19-2)20-11-13-6-4-8-15(18)10-13/h4,6,8,10,14H,3,5,7,9,11-12H2,1-2H3,(H,19,20). The zero-order valence-electron chi connectivity index (χ0n) is 13.7. The molecule has 1 atom stereocenters. The zero-order valence-corrected chi connectivity index (χ0v) is 15.3. The molecule has 6 heteroatoms. The molecule has 1 saturated heterocycles. The van der Waals surface area contributed by atoms with Gasteiger partial charge in [-0.2, -0.15) is 0 Å². The van der Waals surface area contributed by atoms with Gasteiger partial charge in [0, 0.05) is 31.2 Å². The number of halogens is 1. The molecule has 0 spiro atoms. The summed E-state index contributed by atoms with van der Waals surface area (Å²) in [5, 5.41) is 3.38. The van der Waals surface area contributed by atoms with Crippen molar-refractivity contribution in [2.75, 3.05) is 26.7 Å².